The minimum atomic E-state index is -0.575. The van der Waals surface area contributed by atoms with E-state index < -0.39 is 5.97 Å². The molecule has 5 nitrogen and oxygen atoms in total. The number of esters is 1. The van der Waals surface area contributed by atoms with Crippen LogP contribution in [0.3, 0.4) is 0 Å². The second kappa shape index (κ2) is 5.55. The van der Waals surface area contributed by atoms with Gasteiger partial charge in [-0.15, -0.1) is 0 Å². The zero-order valence-corrected chi connectivity index (χ0v) is 9.65. The van der Waals surface area contributed by atoms with E-state index in [4.69, 9.17) is 4.74 Å². The molecule has 0 radical (unpaired) electrons. The maximum atomic E-state index is 11.3. The van der Waals surface area contributed by atoms with Crippen LogP contribution in [0.15, 0.2) is 12.4 Å². The fraction of sp³-hybridized carbons (Fsp3) is 0.333. The van der Waals surface area contributed by atoms with E-state index in [2.05, 4.69) is 25.9 Å². The number of halogens is 1. The van der Waals surface area contributed by atoms with Crippen molar-refractivity contribution in [2.45, 2.75) is 6.92 Å². The Labute approximate surface area is 95.0 Å². The number of aromatic nitrogens is 2. The number of ketones is 1. The lowest BCUT2D eigenvalue weighted by Gasteiger charge is -2.01. The molecule has 0 amide bonds. The Balaban J connectivity index is 2.92. The van der Waals surface area contributed by atoms with Crippen LogP contribution in [-0.2, 0) is 4.74 Å². The van der Waals surface area contributed by atoms with Gasteiger partial charge in [-0.2, -0.15) is 0 Å². The Bertz CT molecular complexity index is 381. The van der Waals surface area contributed by atoms with Gasteiger partial charge in [-0.1, -0.05) is 15.9 Å². The van der Waals surface area contributed by atoms with E-state index in [1.54, 1.807) is 6.92 Å². The number of carbonyl (C=O) groups is 2. The third kappa shape index (κ3) is 3.09. The van der Waals surface area contributed by atoms with Gasteiger partial charge in [0.25, 0.3) is 0 Å². The summed E-state index contributed by atoms with van der Waals surface area (Å²) in [5.74, 6) is -0.803. The molecule has 1 aromatic heterocycles. The Morgan fingerprint density at radius 2 is 2.07 bits per heavy atom. The highest BCUT2D eigenvalue weighted by Gasteiger charge is 2.12. The van der Waals surface area contributed by atoms with Crippen molar-refractivity contribution in [3.63, 3.8) is 0 Å². The van der Waals surface area contributed by atoms with Crippen molar-refractivity contribution in [1.29, 1.82) is 0 Å². The summed E-state index contributed by atoms with van der Waals surface area (Å²) in [7, 11) is 0. The number of hydrogen-bond donors (Lipinski definition) is 0. The van der Waals surface area contributed by atoms with Gasteiger partial charge in [-0.3, -0.25) is 9.78 Å². The standard InChI is InChI=1S/C9H9BrN2O3/c1-2-15-9(14)7-5-11-4-6(12-7)8(13)3-10/h4-5H,2-3H2,1H3. The third-order valence-corrected chi connectivity index (χ3v) is 2.04. The summed E-state index contributed by atoms with van der Waals surface area (Å²) >= 11 is 3.01. The molecule has 0 saturated heterocycles. The molecule has 0 N–H and O–H groups in total. The Hall–Kier alpha value is -1.30. The van der Waals surface area contributed by atoms with E-state index in [9.17, 15) is 9.59 Å². The predicted molar refractivity (Wildman–Crippen MR) is 56.1 cm³/mol. The molecule has 0 aliphatic rings. The van der Waals surface area contributed by atoms with Crippen LogP contribution in [0.25, 0.3) is 0 Å². The molecule has 1 rings (SSSR count). The van der Waals surface area contributed by atoms with Gasteiger partial charge in [0.15, 0.2) is 11.5 Å². The van der Waals surface area contributed by atoms with Gasteiger partial charge < -0.3 is 4.74 Å². The first-order valence-corrected chi connectivity index (χ1v) is 5.39. The Morgan fingerprint density at radius 3 is 2.67 bits per heavy atom. The highest BCUT2D eigenvalue weighted by atomic mass is 79.9. The number of alkyl halides is 1. The molecule has 15 heavy (non-hydrogen) atoms. The topological polar surface area (TPSA) is 69.2 Å². The number of hydrogen-bond acceptors (Lipinski definition) is 5. The van der Waals surface area contributed by atoms with E-state index in [1.165, 1.54) is 12.4 Å². The SMILES string of the molecule is CCOC(=O)c1cncc(C(=O)CBr)n1. The number of carbonyl (C=O) groups excluding carboxylic acids is 2. The van der Waals surface area contributed by atoms with Gasteiger partial charge in [-0.05, 0) is 6.92 Å². The van der Waals surface area contributed by atoms with E-state index in [0.29, 0.717) is 0 Å². The predicted octanol–water partition coefficient (Wildman–Crippen LogP) is 1.23. The summed E-state index contributed by atoms with van der Waals surface area (Å²) in [5, 5.41) is 0.147. The Kier molecular flexibility index (Phi) is 4.36. The van der Waals surface area contributed by atoms with Crippen molar-refractivity contribution < 1.29 is 14.3 Å². The van der Waals surface area contributed by atoms with Gasteiger partial charge in [0.05, 0.1) is 24.3 Å². The highest BCUT2D eigenvalue weighted by molar-refractivity contribution is 9.09. The van der Waals surface area contributed by atoms with Crippen molar-refractivity contribution in [3.05, 3.63) is 23.8 Å². The molecule has 0 bridgehead atoms. The quantitative estimate of drug-likeness (QED) is 0.469. The van der Waals surface area contributed by atoms with E-state index in [0.717, 1.165) is 0 Å². The van der Waals surface area contributed by atoms with Gasteiger partial charge in [0.2, 0.25) is 0 Å². The maximum absolute atomic E-state index is 11.3. The van der Waals surface area contributed by atoms with Crippen molar-refractivity contribution >= 4 is 27.7 Å². The molecule has 0 aliphatic carbocycles. The van der Waals surface area contributed by atoms with Crippen LogP contribution in [0, 0.1) is 0 Å². The molecule has 6 heteroatoms. The zero-order valence-electron chi connectivity index (χ0n) is 8.07. The maximum Gasteiger partial charge on any atom is 0.358 e. The van der Waals surface area contributed by atoms with Crippen molar-refractivity contribution in [2.75, 3.05) is 11.9 Å². The summed E-state index contributed by atoms with van der Waals surface area (Å²) in [6.45, 7) is 1.95. The highest BCUT2D eigenvalue weighted by Crippen LogP contribution is 2.01. The van der Waals surface area contributed by atoms with Gasteiger partial charge >= 0.3 is 5.97 Å². The number of ether oxygens (including phenoxy) is 1. The third-order valence-electron chi connectivity index (χ3n) is 1.53. The monoisotopic (exact) mass is 272 g/mol. The first-order valence-electron chi connectivity index (χ1n) is 4.27. The van der Waals surface area contributed by atoms with E-state index in [-0.39, 0.29) is 29.1 Å². The lowest BCUT2D eigenvalue weighted by Crippen LogP contribution is -2.12. The molecule has 80 valence electrons. The molecule has 0 unspecified atom stereocenters. The normalized spacial score (nSPS) is 9.73. The van der Waals surface area contributed by atoms with Crippen LogP contribution < -0.4 is 0 Å². The van der Waals surface area contributed by atoms with Gasteiger partial charge in [-0.25, -0.2) is 9.78 Å². The average Bonchev–Trinajstić information content (AvgIpc) is 2.28. The van der Waals surface area contributed by atoms with E-state index >= 15 is 0 Å². The molecule has 1 heterocycles. The fourth-order valence-electron chi connectivity index (χ4n) is 0.872. The van der Waals surface area contributed by atoms with Crippen LogP contribution in [0.2, 0.25) is 0 Å². The lowest BCUT2D eigenvalue weighted by atomic mass is 10.3. The smallest absolute Gasteiger partial charge is 0.358 e. The van der Waals surface area contributed by atoms with Crippen molar-refractivity contribution in [1.82, 2.24) is 9.97 Å². The first-order chi connectivity index (χ1) is 7.19. The second-order valence-electron chi connectivity index (χ2n) is 2.57. The van der Waals surface area contributed by atoms with Crippen LogP contribution >= 0.6 is 15.9 Å². The average molecular weight is 273 g/mol. The summed E-state index contributed by atoms with van der Waals surface area (Å²) in [6, 6.07) is 0. The molecule has 1 aromatic rings. The molecule has 0 fully saturated rings. The largest absolute Gasteiger partial charge is 0.461 e. The van der Waals surface area contributed by atoms with Crippen LogP contribution in [0.1, 0.15) is 27.9 Å². The van der Waals surface area contributed by atoms with Crippen molar-refractivity contribution in [3.8, 4) is 0 Å². The Morgan fingerprint density at radius 1 is 1.40 bits per heavy atom. The molecular weight excluding hydrogens is 264 g/mol. The molecule has 0 spiro atoms. The van der Waals surface area contributed by atoms with Crippen LogP contribution in [-0.4, -0.2) is 33.7 Å². The number of nitrogens with zero attached hydrogens (tertiary/aromatic N) is 2. The van der Waals surface area contributed by atoms with Crippen molar-refractivity contribution in [2.24, 2.45) is 0 Å². The molecule has 0 saturated carbocycles. The minimum absolute atomic E-state index is 0.0450. The van der Waals surface area contributed by atoms with E-state index in [1.807, 2.05) is 0 Å². The molecule has 0 aliphatic heterocycles. The molecular formula is C9H9BrN2O3. The second-order valence-corrected chi connectivity index (χ2v) is 3.13. The summed E-state index contributed by atoms with van der Waals surface area (Å²) in [6.07, 6.45) is 2.58. The summed E-state index contributed by atoms with van der Waals surface area (Å²) < 4.78 is 4.73. The van der Waals surface area contributed by atoms with Gasteiger partial charge in [0.1, 0.15) is 5.69 Å². The fourth-order valence-corrected chi connectivity index (χ4v) is 1.16. The lowest BCUT2D eigenvalue weighted by molar-refractivity contribution is 0.0519. The summed E-state index contributed by atoms with van der Waals surface area (Å²) in [5.41, 5.74) is 0.195. The molecule has 0 aromatic carbocycles. The number of Topliss-reactive ketones (excluding diaryl/α,β-unsaturated/α-hetero) is 1. The first kappa shape index (κ1) is 11.8. The van der Waals surface area contributed by atoms with Crippen LogP contribution in [0.5, 0.6) is 0 Å². The molecule has 0 atom stereocenters. The number of rotatable bonds is 4. The van der Waals surface area contributed by atoms with Crippen LogP contribution in [0.4, 0.5) is 0 Å². The van der Waals surface area contributed by atoms with Gasteiger partial charge in [0, 0.05) is 0 Å². The zero-order chi connectivity index (χ0) is 11.3. The minimum Gasteiger partial charge on any atom is -0.461 e. The summed E-state index contributed by atoms with van der Waals surface area (Å²) in [4.78, 5) is 30.1.